The lowest BCUT2D eigenvalue weighted by Gasteiger charge is -2.37. The van der Waals surface area contributed by atoms with Gasteiger partial charge in [-0.1, -0.05) is 25.1 Å². The largest absolute Gasteiger partial charge is 0.368 e. The maximum atomic E-state index is 5.43. The molecule has 0 unspecified atom stereocenters. The van der Waals surface area contributed by atoms with Crippen LogP contribution in [-0.2, 0) is 0 Å². The highest BCUT2D eigenvalue weighted by atomic mass is 32.1. The molecule has 7 nitrogen and oxygen atoms in total. The number of hydrogen-bond acceptors (Lipinski definition) is 6. The van der Waals surface area contributed by atoms with Crippen molar-refractivity contribution in [1.29, 1.82) is 0 Å². The number of piperidine rings is 1. The maximum Gasteiger partial charge on any atom is 0.232 e. The van der Waals surface area contributed by atoms with Crippen molar-refractivity contribution in [3.63, 3.8) is 0 Å². The van der Waals surface area contributed by atoms with Crippen LogP contribution in [-0.4, -0.2) is 60.9 Å². The van der Waals surface area contributed by atoms with Crippen molar-refractivity contribution in [1.82, 2.24) is 15.3 Å². The second-order valence-corrected chi connectivity index (χ2v) is 8.55. The number of thiocarbonyl (C=S) groups is 1. The third kappa shape index (κ3) is 5.76. The van der Waals surface area contributed by atoms with Crippen molar-refractivity contribution < 1.29 is 0 Å². The van der Waals surface area contributed by atoms with Crippen molar-refractivity contribution in [2.45, 2.75) is 32.6 Å². The minimum atomic E-state index is 0.581. The number of rotatable bonds is 6. The number of aromatic nitrogens is 2. The Bertz CT molecular complexity index is 846. The lowest BCUT2D eigenvalue weighted by atomic mass is 10.1. The quantitative estimate of drug-likeness (QED) is 0.664. The van der Waals surface area contributed by atoms with Crippen LogP contribution in [0.1, 0.15) is 32.6 Å². The Morgan fingerprint density at radius 3 is 2.13 bits per heavy atom. The van der Waals surface area contributed by atoms with Crippen molar-refractivity contribution in [2.75, 3.05) is 65.8 Å². The Kier molecular flexibility index (Phi) is 7.40. The standard InChI is InChI=1S/C23H33N7S/c1-2-11-24-23(31)27-22-25-20(29-12-7-4-8-13-29)18-21(26-22)30-16-14-28(15-17-30)19-9-5-3-6-10-19/h3,5-6,9-10,18H,2,4,7-8,11-17H2,1H3,(H2,24,25,26,27,31). The van der Waals surface area contributed by atoms with Crippen LogP contribution in [0, 0.1) is 0 Å². The summed E-state index contributed by atoms with van der Waals surface area (Å²) in [5.41, 5.74) is 1.29. The number of nitrogens with one attached hydrogen (secondary N) is 2. The van der Waals surface area contributed by atoms with E-state index in [9.17, 15) is 0 Å². The minimum absolute atomic E-state index is 0.581. The molecule has 0 spiro atoms. The molecule has 4 rings (SSSR count). The van der Waals surface area contributed by atoms with E-state index in [4.69, 9.17) is 22.2 Å². The Morgan fingerprint density at radius 2 is 1.48 bits per heavy atom. The monoisotopic (exact) mass is 439 g/mol. The summed E-state index contributed by atoms with van der Waals surface area (Å²) in [4.78, 5) is 16.8. The molecule has 8 heteroatoms. The predicted octanol–water partition coefficient (Wildman–Crippen LogP) is 3.49. The number of hydrogen-bond donors (Lipinski definition) is 2. The number of para-hydroxylation sites is 1. The van der Waals surface area contributed by atoms with Gasteiger partial charge in [0.05, 0.1) is 0 Å². The lowest BCUT2D eigenvalue weighted by Crippen LogP contribution is -2.47. The van der Waals surface area contributed by atoms with Gasteiger partial charge in [-0.15, -0.1) is 0 Å². The van der Waals surface area contributed by atoms with E-state index in [1.54, 1.807) is 0 Å². The van der Waals surface area contributed by atoms with Crippen LogP contribution in [0.15, 0.2) is 36.4 Å². The summed E-state index contributed by atoms with van der Waals surface area (Å²) < 4.78 is 0. The topological polar surface area (TPSA) is 59.6 Å². The molecule has 1 aromatic carbocycles. The number of benzene rings is 1. The van der Waals surface area contributed by atoms with E-state index in [1.165, 1.54) is 24.9 Å². The van der Waals surface area contributed by atoms with Gasteiger partial charge in [0.2, 0.25) is 5.95 Å². The molecule has 0 aliphatic carbocycles. The van der Waals surface area contributed by atoms with Gasteiger partial charge in [-0.05, 0) is 50.0 Å². The third-order valence-electron chi connectivity index (χ3n) is 5.87. The van der Waals surface area contributed by atoms with Gasteiger partial charge in [-0.3, -0.25) is 0 Å². The summed E-state index contributed by atoms with van der Waals surface area (Å²) in [5, 5.41) is 6.99. The van der Waals surface area contributed by atoms with E-state index in [-0.39, 0.29) is 0 Å². The Balaban J connectivity index is 1.50. The van der Waals surface area contributed by atoms with Gasteiger partial charge in [0, 0.05) is 57.6 Å². The molecule has 1 aromatic heterocycles. The Hall–Kier alpha value is -2.61. The molecule has 0 saturated carbocycles. The molecule has 166 valence electrons. The Morgan fingerprint density at radius 1 is 0.871 bits per heavy atom. The highest BCUT2D eigenvalue weighted by Gasteiger charge is 2.21. The van der Waals surface area contributed by atoms with Crippen LogP contribution in [0.25, 0.3) is 0 Å². The zero-order valence-electron chi connectivity index (χ0n) is 18.4. The first-order valence-electron chi connectivity index (χ1n) is 11.5. The predicted molar refractivity (Wildman–Crippen MR) is 133 cm³/mol. The molecule has 0 amide bonds. The zero-order valence-corrected chi connectivity index (χ0v) is 19.2. The second kappa shape index (κ2) is 10.6. The molecule has 2 aromatic rings. The summed E-state index contributed by atoms with van der Waals surface area (Å²) >= 11 is 5.43. The van der Waals surface area contributed by atoms with E-state index in [0.717, 1.165) is 63.9 Å². The van der Waals surface area contributed by atoms with Gasteiger partial charge >= 0.3 is 0 Å². The summed E-state index contributed by atoms with van der Waals surface area (Å²) in [6, 6.07) is 12.8. The molecule has 2 saturated heterocycles. The summed E-state index contributed by atoms with van der Waals surface area (Å²) in [5.74, 6) is 2.55. The minimum Gasteiger partial charge on any atom is -0.368 e. The molecule has 31 heavy (non-hydrogen) atoms. The van der Waals surface area contributed by atoms with Gasteiger partial charge in [0.1, 0.15) is 11.6 Å². The highest BCUT2D eigenvalue weighted by Crippen LogP contribution is 2.25. The fourth-order valence-electron chi connectivity index (χ4n) is 4.14. The first-order valence-corrected chi connectivity index (χ1v) is 11.9. The SMILES string of the molecule is CCCNC(=S)Nc1nc(N2CCCCC2)cc(N2CCN(c3ccccc3)CC2)n1. The van der Waals surface area contributed by atoms with Crippen LogP contribution in [0.2, 0.25) is 0 Å². The molecule has 2 aliphatic heterocycles. The highest BCUT2D eigenvalue weighted by molar-refractivity contribution is 7.80. The average molecular weight is 440 g/mol. The second-order valence-electron chi connectivity index (χ2n) is 8.15. The van der Waals surface area contributed by atoms with Crippen molar-refractivity contribution in [3.8, 4) is 0 Å². The fourth-order valence-corrected chi connectivity index (χ4v) is 4.34. The molecule has 2 aliphatic rings. The van der Waals surface area contributed by atoms with Gasteiger partial charge in [0.25, 0.3) is 0 Å². The van der Waals surface area contributed by atoms with Crippen LogP contribution >= 0.6 is 12.2 Å². The van der Waals surface area contributed by atoms with E-state index >= 15 is 0 Å². The first kappa shape index (κ1) is 21.6. The Labute approximate surface area is 190 Å². The average Bonchev–Trinajstić information content (AvgIpc) is 2.84. The number of nitrogens with zero attached hydrogens (tertiary/aromatic N) is 5. The molecule has 2 N–H and O–H groups in total. The summed E-state index contributed by atoms with van der Waals surface area (Å²) in [6.07, 6.45) is 4.75. The van der Waals surface area contributed by atoms with Crippen LogP contribution in [0.5, 0.6) is 0 Å². The lowest BCUT2D eigenvalue weighted by molar-refractivity contribution is 0.573. The first-order chi connectivity index (χ1) is 15.2. The van der Waals surface area contributed by atoms with Crippen molar-refractivity contribution >= 4 is 40.6 Å². The molecule has 0 atom stereocenters. The fraction of sp³-hybridized carbons (Fsp3) is 0.522. The molecular weight excluding hydrogens is 406 g/mol. The normalized spacial score (nSPS) is 16.9. The molecule has 0 radical (unpaired) electrons. The van der Waals surface area contributed by atoms with Crippen molar-refractivity contribution in [2.24, 2.45) is 0 Å². The van der Waals surface area contributed by atoms with E-state index in [1.807, 2.05) is 0 Å². The molecule has 3 heterocycles. The number of anilines is 4. The van der Waals surface area contributed by atoms with Gasteiger partial charge < -0.3 is 25.3 Å². The molecule has 0 bridgehead atoms. The summed E-state index contributed by atoms with van der Waals surface area (Å²) in [7, 11) is 0. The van der Waals surface area contributed by atoms with Crippen molar-refractivity contribution in [3.05, 3.63) is 36.4 Å². The third-order valence-corrected chi connectivity index (χ3v) is 6.11. The van der Waals surface area contributed by atoms with E-state index < -0.39 is 0 Å². The van der Waals surface area contributed by atoms with Gasteiger partial charge in [0.15, 0.2) is 5.11 Å². The maximum absolute atomic E-state index is 5.43. The van der Waals surface area contributed by atoms with Gasteiger partial charge in [-0.2, -0.15) is 9.97 Å². The number of piperazine rings is 1. The summed E-state index contributed by atoms with van der Waals surface area (Å²) in [6.45, 7) is 8.89. The molecule has 2 fully saturated rings. The van der Waals surface area contributed by atoms with Crippen LogP contribution in [0.3, 0.4) is 0 Å². The van der Waals surface area contributed by atoms with Crippen LogP contribution in [0.4, 0.5) is 23.3 Å². The van der Waals surface area contributed by atoms with Gasteiger partial charge in [-0.25, -0.2) is 0 Å². The zero-order chi connectivity index (χ0) is 21.5. The van der Waals surface area contributed by atoms with E-state index in [2.05, 4.69) is 68.7 Å². The van der Waals surface area contributed by atoms with Crippen LogP contribution < -0.4 is 25.3 Å². The molecular formula is C23H33N7S. The smallest absolute Gasteiger partial charge is 0.232 e. The van der Waals surface area contributed by atoms with E-state index in [0.29, 0.717) is 11.1 Å².